The maximum absolute atomic E-state index is 12.3. The minimum absolute atomic E-state index is 0.0314. The predicted octanol–water partition coefficient (Wildman–Crippen LogP) is 1.47. The van der Waals surface area contributed by atoms with E-state index in [0.29, 0.717) is 16.8 Å². The number of pyridine rings is 1. The van der Waals surface area contributed by atoms with Crippen molar-refractivity contribution in [2.75, 3.05) is 6.54 Å². The van der Waals surface area contributed by atoms with Crippen molar-refractivity contribution in [1.29, 1.82) is 0 Å². The van der Waals surface area contributed by atoms with Crippen molar-refractivity contribution in [2.24, 2.45) is 5.92 Å². The van der Waals surface area contributed by atoms with Gasteiger partial charge >= 0.3 is 0 Å². The first-order chi connectivity index (χ1) is 9.69. The largest absolute Gasteiger partial charge is 0.348 e. The Morgan fingerprint density at radius 3 is 3.05 bits per heavy atom. The molecule has 1 aliphatic heterocycles. The maximum atomic E-state index is 12.3. The van der Waals surface area contributed by atoms with Crippen LogP contribution in [-0.4, -0.2) is 33.9 Å². The number of rotatable bonds is 2. The fraction of sp³-hybridized carbons (Fsp3) is 0.429. The highest BCUT2D eigenvalue weighted by Gasteiger charge is 2.40. The highest BCUT2D eigenvalue weighted by atomic mass is 35.5. The summed E-state index contributed by atoms with van der Waals surface area (Å²) in [6.45, 7) is 1.09. The molecule has 0 spiro atoms. The Balaban J connectivity index is 1.54. The van der Waals surface area contributed by atoms with Gasteiger partial charge < -0.3 is 15.0 Å². The molecule has 0 radical (unpaired) electrons. The van der Waals surface area contributed by atoms with E-state index in [9.17, 15) is 4.79 Å². The molecule has 0 aromatic carbocycles. The van der Waals surface area contributed by atoms with Gasteiger partial charge in [-0.15, -0.1) is 0 Å². The summed E-state index contributed by atoms with van der Waals surface area (Å²) in [7, 11) is 0. The SMILES string of the molecule is O=C(NC1CC2CNC1C2)c1ccc2nc(Cl)cn2c1. The fourth-order valence-corrected chi connectivity index (χ4v) is 3.55. The lowest BCUT2D eigenvalue weighted by Crippen LogP contribution is -2.47. The van der Waals surface area contributed by atoms with Crippen LogP contribution in [0.3, 0.4) is 0 Å². The molecule has 20 heavy (non-hydrogen) atoms. The van der Waals surface area contributed by atoms with Gasteiger partial charge in [0, 0.05) is 24.5 Å². The summed E-state index contributed by atoms with van der Waals surface area (Å²) in [5.41, 5.74) is 1.38. The van der Waals surface area contributed by atoms with Crippen molar-refractivity contribution in [1.82, 2.24) is 20.0 Å². The van der Waals surface area contributed by atoms with Crippen LogP contribution >= 0.6 is 11.6 Å². The van der Waals surface area contributed by atoms with Crippen LogP contribution in [0.2, 0.25) is 5.15 Å². The number of fused-ring (bicyclic) bond motifs is 3. The van der Waals surface area contributed by atoms with Gasteiger partial charge in [0.2, 0.25) is 0 Å². The molecule has 2 fully saturated rings. The topological polar surface area (TPSA) is 58.4 Å². The molecule has 6 heteroatoms. The standard InChI is InChI=1S/C14H15ClN4O/c15-12-7-19-6-9(1-2-13(19)18-12)14(20)17-11-4-8-3-10(11)16-5-8/h1-2,6-8,10-11,16H,3-5H2,(H,17,20). The molecule has 104 valence electrons. The lowest BCUT2D eigenvalue weighted by atomic mass is 10.1. The number of hydrogen-bond acceptors (Lipinski definition) is 3. The van der Waals surface area contributed by atoms with Crippen molar-refractivity contribution >= 4 is 23.2 Å². The minimum Gasteiger partial charge on any atom is -0.348 e. The van der Waals surface area contributed by atoms with Crippen molar-refractivity contribution in [2.45, 2.75) is 24.9 Å². The molecule has 2 aromatic rings. The number of nitrogens with zero attached hydrogens (tertiary/aromatic N) is 2. The Morgan fingerprint density at radius 2 is 2.30 bits per heavy atom. The van der Waals surface area contributed by atoms with E-state index in [-0.39, 0.29) is 11.9 Å². The predicted molar refractivity (Wildman–Crippen MR) is 76.0 cm³/mol. The fourth-order valence-electron chi connectivity index (χ4n) is 3.36. The molecular weight excluding hydrogens is 276 g/mol. The van der Waals surface area contributed by atoms with E-state index < -0.39 is 0 Å². The average Bonchev–Trinajstić information content (AvgIpc) is 3.10. The number of nitrogens with one attached hydrogen (secondary N) is 2. The van der Waals surface area contributed by atoms with Crippen LogP contribution in [-0.2, 0) is 0 Å². The van der Waals surface area contributed by atoms with Crippen LogP contribution in [0, 0.1) is 5.92 Å². The van der Waals surface area contributed by atoms with Gasteiger partial charge in [-0.1, -0.05) is 11.6 Å². The second-order valence-corrected chi connectivity index (χ2v) is 6.07. The number of piperidine rings is 1. The second kappa shape index (κ2) is 4.46. The van der Waals surface area contributed by atoms with Gasteiger partial charge in [-0.05, 0) is 37.4 Å². The Hall–Kier alpha value is -1.59. The van der Waals surface area contributed by atoms with Gasteiger partial charge in [-0.3, -0.25) is 4.79 Å². The number of hydrogen-bond donors (Lipinski definition) is 2. The molecule has 2 aromatic heterocycles. The van der Waals surface area contributed by atoms with E-state index in [1.54, 1.807) is 28.9 Å². The first kappa shape index (κ1) is 12.2. The zero-order valence-corrected chi connectivity index (χ0v) is 11.6. The normalized spacial score (nSPS) is 28.1. The molecule has 4 rings (SSSR count). The molecule has 1 amide bonds. The van der Waals surface area contributed by atoms with Crippen molar-refractivity contribution in [3.05, 3.63) is 35.2 Å². The number of halogens is 1. The molecular formula is C14H15ClN4O. The number of amides is 1. The summed E-state index contributed by atoms with van der Waals surface area (Å²) in [5.74, 6) is 0.691. The number of aromatic nitrogens is 2. The summed E-state index contributed by atoms with van der Waals surface area (Å²) in [4.78, 5) is 16.5. The van der Waals surface area contributed by atoms with Crippen LogP contribution in [0.5, 0.6) is 0 Å². The molecule has 2 aliphatic rings. The Bertz CT molecular complexity index is 683. The highest BCUT2D eigenvalue weighted by molar-refractivity contribution is 6.29. The van der Waals surface area contributed by atoms with E-state index in [0.717, 1.165) is 24.5 Å². The molecule has 3 atom stereocenters. The second-order valence-electron chi connectivity index (χ2n) is 5.68. The van der Waals surface area contributed by atoms with E-state index >= 15 is 0 Å². The van der Waals surface area contributed by atoms with Crippen LogP contribution in [0.15, 0.2) is 24.5 Å². The average molecular weight is 291 g/mol. The molecule has 2 N–H and O–H groups in total. The van der Waals surface area contributed by atoms with E-state index in [2.05, 4.69) is 15.6 Å². The van der Waals surface area contributed by atoms with Crippen LogP contribution < -0.4 is 10.6 Å². The zero-order valence-electron chi connectivity index (χ0n) is 10.8. The lowest BCUT2D eigenvalue weighted by molar-refractivity contribution is 0.0928. The van der Waals surface area contributed by atoms with Gasteiger partial charge in [-0.25, -0.2) is 4.98 Å². The number of imidazole rings is 1. The zero-order chi connectivity index (χ0) is 13.7. The first-order valence-corrected chi connectivity index (χ1v) is 7.25. The molecule has 1 saturated carbocycles. The van der Waals surface area contributed by atoms with Gasteiger partial charge in [0.25, 0.3) is 5.91 Å². The molecule has 1 saturated heterocycles. The first-order valence-electron chi connectivity index (χ1n) is 6.87. The Kier molecular flexibility index (Phi) is 2.72. The van der Waals surface area contributed by atoms with Crippen LogP contribution in [0.4, 0.5) is 0 Å². The molecule has 5 nitrogen and oxygen atoms in total. The van der Waals surface area contributed by atoms with E-state index in [1.165, 1.54) is 6.42 Å². The third-order valence-corrected chi connectivity index (χ3v) is 4.51. The minimum atomic E-state index is -0.0314. The third-order valence-electron chi connectivity index (χ3n) is 4.33. The lowest BCUT2D eigenvalue weighted by Gasteiger charge is -2.23. The van der Waals surface area contributed by atoms with E-state index in [1.807, 2.05) is 0 Å². The Labute approximate surface area is 121 Å². The molecule has 3 heterocycles. The van der Waals surface area contributed by atoms with Gasteiger partial charge in [0.15, 0.2) is 0 Å². The van der Waals surface area contributed by atoms with Crippen LogP contribution in [0.1, 0.15) is 23.2 Å². The summed E-state index contributed by atoms with van der Waals surface area (Å²) >= 11 is 5.85. The smallest absolute Gasteiger partial charge is 0.253 e. The quantitative estimate of drug-likeness (QED) is 0.880. The highest BCUT2D eigenvalue weighted by Crippen LogP contribution is 2.31. The summed E-state index contributed by atoms with van der Waals surface area (Å²) < 4.78 is 1.77. The van der Waals surface area contributed by atoms with Gasteiger partial charge in [0.1, 0.15) is 10.8 Å². The van der Waals surface area contributed by atoms with E-state index in [4.69, 9.17) is 11.6 Å². The van der Waals surface area contributed by atoms with Crippen molar-refractivity contribution < 1.29 is 4.79 Å². The number of carbonyl (C=O) groups excluding carboxylic acids is 1. The maximum Gasteiger partial charge on any atom is 0.253 e. The van der Waals surface area contributed by atoms with Crippen LogP contribution in [0.25, 0.3) is 5.65 Å². The van der Waals surface area contributed by atoms with Gasteiger partial charge in [-0.2, -0.15) is 0 Å². The number of carbonyl (C=O) groups is 1. The summed E-state index contributed by atoms with van der Waals surface area (Å²) in [5, 5.41) is 7.01. The summed E-state index contributed by atoms with van der Waals surface area (Å²) in [6, 6.07) is 4.28. The monoisotopic (exact) mass is 290 g/mol. The third kappa shape index (κ3) is 1.98. The van der Waals surface area contributed by atoms with Gasteiger partial charge in [0.05, 0.1) is 5.56 Å². The summed E-state index contributed by atoms with van der Waals surface area (Å²) in [6.07, 6.45) is 5.74. The molecule has 3 unspecified atom stereocenters. The molecule has 1 aliphatic carbocycles. The Morgan fingerprint density at radius 1 is 1.40 bits per heavy atom. The van der Waals surface area contributed by atoms with Crippen molar-refractivity contribution in [3.63, 3.8) is 0 Å². The molecule has 2 bridgehead atoms. The van der Waals surface area contributed by atoms with Crippen molar-refractivity contribution in [3.8, 4) is 0 Å².